The molecule has 6 nitrogen and oxygen atoms in total. The molecule has 0 amide bonds. The Morgan fingerprint density at radius 3 is 2.57 bits per heavy atom. The minimum atomic E-state index is -2.15. The summed E-state index contributed by atoms with van der Waals surface area (Å²) < 4.78 is 11.9. The van der Waals surface area contributed by atoms with E-state index in [-0.39, 0.29) is 6.61 Å². The van der Waals surface area contributed by atoms with Gasteiger partial charge in [-0.05, 0) is 51.4 Å². The average Bonchev–Trinajstić information content (AvgIpc) is 3.19. The second kappa shape index (κ2) is 6.08. The van der Waals surface area contributed by atoms with Crippen molar-refractivity contribution in [1.82, 2.24) is 0 Å². The van der Waals surface area contributed by atoms with Crippen LogP contribution in [0.2, 0.25) is 19.6 Å². The molecule has 2 saturated carbocycles. The molecular formula is C21H27NO5Si. The van der Waals surface area contributed by atoms with Crippen LogP contribution in [0.15, 0.2) is 35.3 Å². The molecule has 150 valence electrons. The van der Waals surface area contributed by atoms with Gasteiger partial charge < -0.3 is 14.3 Å². The van der Waals surface area contributed by atoms with Crippen LogP contribution in [0, 0.1) is 11.3 Å². The van der Waals surface area contributed by atoms with Crippen LogP contribution >= 0.6 is 0 Å². The van der Waals surface area contributed by atoms with Crippen LogP contribution in [0.1, 0.15) is 31.7 Å². The van der Waals surface area contributed by atoms with E-state index < -0.39 is 42.7 Å². The summed E-state index contributed by atoms with van der Waals surface area (Å²) >= 11 is 0. The zero-order chi connectivity index (χ0) is 20.4. The van der Waals surface area contributed by atoms with Crippen molar-refractivity contribution in [3.63, 3.8) is 0 Å². The van der Waals surface area contributed by atoms with Gasteiger partial charge in [-0.3, -0.25) is 9.59 Å². The highest BCUT2D eigenvalue weighted by Crippen LogP contribution is 2.67. The van der Waals surface area contributed by atoms with Gasteiger partial charge in [0.2, 0.25) is 11.5 Å². The Kier molecular flexibility index (Phi) is 4.23. The third kappa shape index (κ3) is 2.24. The van der Waals surface area contributed by atoms with Gasteiger partial charge >= 0.3 is 5.97 Å². The Bertz CT molecular complexity index is 863. The zero-order valence-corrected chi connectivity index (χ0v) is 17.8. The highest BCUT2D eigenvalue weighted by atomic mass is 28.4. The topological polar surface area (TPSA) is 85.2 Å². The lowest BCUT2D eigenvalue weighted by Gasteiger charge is -2.46. The van der Waals surface area contributed by atoms with Gasteiger partial charge in [0.25, 0.3) is 0 Å². The number of esters is 1. The first-order chi connectivity index (χ1) is 13.1. The Balaban J connectivity index is 1.98. The molecule has 0 saturated heterocycles. The van der Waals surface area contributed by atoms with E-state index in [1.807, 2.05) is 50.0 Å². The molecular weight excluding hydrogens is 374 g/mol. The fourth-order valence-electron chi connectivity index (χ4n) is 5.46. The third-order valence-electron chi connectivity index (χ3n) is 6.17. The van der Waals surface area contributed by atoms with Crippen LogP contribution in [-0.4, -0.2) is 48.8 Å². The van der Waals surface area contributed by atoms with Crippen molar-refractivity contribution in [2.45, 2.75) is 57.2 Å². The molecule has 0 spiro atoms. The van der Waals surface area contributed by atoms with Gasteiger partial charge in [0, 0.05) is 5.92 Å². The molecule has 1 heterocycles. The molecule has 0 radical (unpaired) electrons. The largest absolute Gasteiger partial charge is 0.465 e. The first-order valence-electron chi connectivity index (χ1n) is 9.94. The Morgan fingerprint density at radius 2 is 1.96 bits per heavy atom. The number of aliphatic hydroxyl groups is 1. The average molecular weight is 402 g/mol. The van der Waals surface area contributed by atoms with E-state index in [1.165, 1.54) is 0 Å². The molecule has 1 aromatic rings. The maximum Gasteiger partial charge on any atom is 0.326 e. The number of aliphatic imine (C=N–C) groups is 1. The lowest BCUT2D eigenvalue weighted by molar-refractivity contribution is -0.157. The molecule has 4 atom stereocenters. The zero-order valence-electron chi connectivity index (χ0n) is 16.8. The van der Waals surface area contributed by atoms with Crippen molar-refractivity contribution in [1.29, 1.82) is 0 Å². The summed E-state index contributed by atoms with van der Waals surface area (Å²) in [5.74, 6) is -1.68. The van der Waals surface area contributed by atoms with Gasteiger partial charge in [0.1, 0.15) is 5.60 Å². The van der Waals surface area contributed by atoms with Crippen LogP contribution in [-0.2, 0) is 18.8 Å². The fourth-order valence-corrected chi connectivity index (χ4v) is 6.94. The predicted octanol–water partition coefficient (Wildman–Crippen LogP) is 2.70. The first kappa shape index (κ1) is 19.5. The number of hydrogen-bond acceptors (Lipinski definition) is 6. The number of ether oxygens (including phenoxy) is 1. The van der Waals surface area contributed by atoms with Gasteiger partial charge in [-0.1, -0.05) is 30.3 Å². The van der Waals surface area contributed by atoms with E-state index in [4.69, 9.17) is 9.16 Å². The maximum absolute atomic E-state index is 13.7. The number of benzene rings is 1. The summed E-state index contributed by atoms with van der Waals surface area (Å²) in [5.41, 5.74) is -3.83. The van der Waals surface area contributed by atoms with Gasteiger partial charge in [-0.15, -0.1) is 0 Å². The SMILES string of the molecule is CCOC(=O)[C@@]12C(=O)[C@@](O)(N=C1c1ccccc1)[C@]1(O[Si](C)(C)C)CCC[C@H]21. The molecule has 2 fully saturated rings. The molecule has 1 aliphatic heterocycles. The van der Waals surface area contributed by atoms with Crippen LogP contribution in [0.4, 0.5) is 0 Å². The summed E-state index contributed by atoms with van der Waals surface area (Å²) in [5, 5.41) is 11.7. The predicted molar refractivity (Wildman–Crippen MR) is 107 cm³/mol. The first-order valence-corrected chi connectivity index (χ1v) is 13.3. The third-order valence-corrected chi connectivity index (χ3v) is 7.15. The molecule has 0 unspecified atom stereocenters. The summed E-state index contributed by atoms with van der Waals surface area (Å²) in [4.78, 5) is 31.6. The smallest absolute Gasteiger partial charge is 0.326 e. The van der Waals surface area contributed by atoms with E-state index in [0.29, 0.717) is 24.1 Å². The second-order valence-corrected chi connectivity index (χ2v) is 13.3. The molecule has 1 aromatic carbocycles. The molecule has 7 heteroatoms. The number of hydrogen-bond donors (Lipinski definition) is 1. The second-order valence-electron chi connectivity index (χ2n) is 8.90. The van der Waals surface area contributed by atoms with Crippen molar-refractivity contribution in [3.8, 4) is 0 Å². The van der Waals surface area contributed by atoms with E-state index in [0.717, 1.165) is 6.42 Å². The number of carbonyl (C=O) groups excluding carboxylic acids is 2. The number of fused-ring (bicyclic) bond motifs is 5. The lowest BCUT2D eigenvalue weighted by Crippen LogP contribution is -2.60. The normalized spacial score (nSPS) is 36.4. The number of carbonyl (C=O) groups is 2. The van der Waals surface area contributed by atoms with Crippen molar-refractivity contribution in [2.75, 3.05) is 6.61 Å². The van der Waals surface area contributed by atoms with E-state index >= 15 is 0 Å². The van der Waals surface area contributed by atoms with Gasteiger partial charge in [0.15, 0.2) is 13.7 Å². The van der Waals surface area contributed by atoms with Crippen molar-refractivity contribution in [2.24, 2.45) is 16.3 Å². The van der Waals surface area contributed by atoms with Crippen LogP contribution < -0.4 is 0 Å². The number of rotatable bonds is 5. The molecule has 2 bridgehead atoms. The van der Waals surface area contributed by atoms with Crippen molar-refractivity contribution < 1.29 is 23.9 Å². The van der Waals surface area contributed by atoms with Crippen molar-refractivity contribution in [3.05, 3.63) is 35.9 Å². The summed E-state index contributed by atoms with van der Waals surface area (Å²) in [7, 11) is -2.15. The Labute approximate surface area is 166 Å². The quantitative estimate of drug-likeness (QED) is 0.466. The summed E-state index contributed by atoms with van der Waals surface area (Å²) in [6.45, 7) is 7.94. The summed E-state index contributed by atoms with van der Waals surface area (Å²) in [6.07, 6.45) is 1.89. The highest BCUT2D eigenvalue weighted by molar-refractivity contribution is 6.70. The molecule has 3 aliphatic rings. The highest BCUT2D eigenvalue weighted by Gasteiger charge is 2.85. The molecule has 4 rings (SSSR count). The molecule has 2 aliphatic carbocycles. The maximum atomic E-state index is 13.7. The lowest BCUT2D eigenvalue weighted by atomic mass is 9.68. The number of ketones is 1. The minimum absolute atomic E-state index is 0.156. The summed E-state index contributed by atoms with van der Waals surface area (Å²) in [6, 6.07) is 9.15. The number of nitrogens with zero attached hydrogens (tertiary/aromatic N) is 1. The monoisotopic (exact) mass is 401 g/mol. The number of Topliss-reactive ketones (excluding diaryl/α,β-unsaturated/α-hetero) is 1. The van der Waals surface area contributed by atoms with Gasteiger partial charge in [-0.2, -0.15) is 0 Å². The van der Waals surface area contributed by atoms with Crippen LogP contribution in [0.5, 0.6) is 0 Å². The minimum Gasteiger partial charge on any atom is -0.465 e. The van der Waals surface area contributed by atoms with E-state index in [2.05, 4.69) is 4.99 Å². The molecule has 0 aromatic heterocycles. The standard InChI is InChI=1S/C21H27NO5Si/c1-5-26-18(24)20-15-12-9-13-19(15,27-28(2,3)4)21(25,17(20)23)22-16(20)14-10-7-6-8-11-14/h6-8,10-11,15,25H,5,9,12-13H2,1-4H3/t15-,19-,20+,21-/m0/s1. The molecule has 28 heavy (non-hydrogen) atoms. The Hall–Kier alpha value is -1.83. The van der Waals surface area contributed by atoms with Crippen LogP contribution in [0.25, 0.3) is 0 Å². The van der Waals surface area contributed by atoms with E-state index in [9.17, 15) is 14.7 Å². The molecule has 1 N–H and O–H groups in total. The Morgan fingerprint density at radius 1 is 1.29 bits per heavy atom. The fraction of sp³-hybridized carbons (Fsp3) is 0.571. The van der Waals surface area contributed by atoms with Crippen LogP contribution in [0.3, 0.4) is 0 Å². The van der Waals surface area contributed by atoms with Crippen molar-refractivity contribution >= 4 is 25.8 Å². The van der Waals surface area contributed by atoms with E-state index in [1.54, 1.807) is 6.92 Å². The van der Waals surface area contributed by atoms with Gasteiger partial charge in [-0.25, -0.2) is 4.99 Å². The van der Waals surface area contributed by atoms with Gasteiger partial charge in [0.05, 0.1) is 12.3 Å².